The van der Waals surface area contributed by atoms with Gasteiger partial charge >= 0.3 is 0 Å². The van der Waals surface area contributed by atoms with Crippen LogP contribution in [0, 0.1) is 0 Å². The number of nitrogens with zero attached hydrogens (tertiary/aromatic N) is 1. The van der Waals surface area contributed by atoms with Gasteiger partial charge in [0.05, 0.1) is 18.7 Å². The van der Waals surface area contributed by atoms with E-state index in [1.54, 1.807) is 29.2 Å². The molecule has 5 N–H and O–H groups in total. The van der Waals surface area contributed by atoms with Gasteiger partial charge in [0.15, 0.2) is 0 Å². The molecule has 0 unspecified atom stereocenters. The molecule has 1 aromatic heterocycles. The highest BCUT2D eigenvalue weighted by Gasteiger charge is 2.25. The maximum atomic E-state index is 12.7. The Bertz CT molecular complexity index is 1050. The zero-order valence-corrected chi connectivity index (χ0v) is 19.6. The summed E-state index contributed by atoms with van der Waals surface area (Å²) < 4.78 is 0. The van der Waals surface area contributed by atoms with E-state index in [9.17, 15) is 19.2 Å². The second kappa shape index (κ2) is 11.1. The fourth-order valence-corrected chi connectivity index (χ4v) is 5.12. The second-order valence-corrected chi connectivity index (χ2v) is 9.04. The zero-order valence-electron chi connectivity index (χ0n) is 18.8. The standard InChI is InChI=1S/C23H29N5O4S/c1-3-28(12-19(30)26-16-10-8-15(9-11-16)25-14(2)29)13-20(31)27-23-21(22(24)32)17-6-4-5-7-18(17)33-23/h8-11H,3-7,12-13H2,1-2H3,(H2,24,32)(H,25,29)(H,26,30)(H,27,31). The third-order valence-corrected chi connectivity index (χ3v) is 6.55. The summed E-state index contributed by atoms with van der Waals surface area (Å²) in [5.74, 6) is -1.26. The first kappa shape index (κ1) is 24.4. The van der Waals surface area contributed by atoms with Crippen molar-refractivity contribution in [3.05, 3.63) is 40.3 Å². The predicted octanol–water partition coefficient (Wildman–Crippen LogP) is 2.58. The Labute approximate surface area is 196 Å². The van der Waals surface area contributed by atoms with Crippen LogP contribution >= 0.6 is 11.3 Å². The van der Waals surface area contributed by atoms with Crippen LogP contribution in [0.2, 0.25) is 0 Å². The first-order chi connectivity index (χ1) is 15.8. The van der Waals surface area contributed by atoms with Gasteiger partial charge in [-0.15, -0.1) is 11.3 Å². The number of hydrogen-bond donors (Lipinski definition) is 4. The van der Waals surface area contributed by atoms with E-state index in [2.05, 4.69) is 16.0 Å². The van der Waals surface area contributed by atoms with Crippen molar-refractivity contribution in [1.29, 1.82) is 0 Å². The average molecular weight is 472 g/mol. The van der Waals surface area contributed by atoms with E-state index in [-0.39, 0.29) is 30.8 Å². The summed E-state index contributed by atoms with van der Waals surface area (Å²) in [5, 5.41) is 8.77. The molecule has 1 aromatic carbocycles. The molecule has 2 aromatic rings. The molecule has 33 heavy (non-hydrogen) atoms. The molecule has 10 heteroatoms. The molecule has 0 atom stereocenters. The number of nitrogens with two attached hydrogens (primary N) is 1. The summed E-state index contributed by atoms with van der Waals surface area (Å²) in [6.45, 7) is 3.81. The van der Waals surface area contributed by atoms with Crippen LogP contribution in [0.25, 0.3) is 0 Å². The predicted molar refractivity (Wildman–Crippen MR) is 130 cm³/mol. The number of aryl methyl sites for hydroxylation is 1. The minimum atomic E-state index is -0.527. The molecule has 0 fully saturated rings. The van der Waals surface area contributed by atoms with Crippen LogP contribution in [0.1, 0.15) is 47.5 Å². The van der Waals surface area contributed by atoms with E-state index in [4.69, 9.17) is 5.73 Å². The van der Waals surface area contributed by atoms with Crippen LogP contribution in [0.4, 0.5) is 16.4 Å². The molecule has 4 amide bonds. The first-order valence-corrected chi connectivity index (χ1v) is 11.7. The lowest BCUT2D eigenvalue weighted by molar-refractivity contribution is -0.120. The Balaban J connectivity index is 1.57. The summed E-state index contributed by atoms with van der Waals surface area (Å²) in [6.07, 6.45) is 3.76. The molecule has 0 radical (unpaired) electrons. The molecule has 9 nitrogen and oxygen atoms in total. The smallest absolute Gasteiger partial charge is 0.251 e. The first-order valence-electron chi connectivity index (χ1n) is 10.9. The highest BCUT2D eigenvalue weighted by molar-refractivity contribution is 7.17. The van der Waals surface area contributed by atoms with Crippen molar-refractivity contribution in [2.75, 3.05) is 35.6 Å². The van der Waals surface area contributed by atoms with Crippen molar-refractivity contribution in [1.82, 2.24) is 4.90 Å². The maximum Gasteiger partial charge on any atom is 0.251 e. The highest BCUT2D eigenvalue weighted by atomic mass is 32.1. The lowest BCUT2D eigenvalue weighted by Crippen LogP contribution is -2.38. The topological polar surface area (TPSA) is 134 Å². The van der Waals surface area contributed by atoms with Crippen molar-refractivity contribution in [2.24, 2.45) is 5.73 Å². The van der Waals surface area contributed by atoms with Gasteiger partial charge in [0.25, 0.3) is 5.91 Å². The van der Waals surface area contributed by atoms with Gasteiger partial charge in [-0.2, -0.15) is 0 Å². The Morgan fingerprint density at radius 1 is 0.939 bits per heavy atom. The average Bonchev–Trinajstić information content (AvgIpc) is 3.12. The van der Waals surface area contributed by atoms with E-state index in [1.165, 1.54) is 18.3 Å². The summed E-state index contributed by atoms with van der Waals surface area (Å²) in [5.41, 5.74) is 8.20. The molecular weight excluding hydrogens is 442 g/mol. The van der Waals surface area contributed by atoms with E-state index in [0.29, 0.717) is 28.5 Å². The second-order valence-electron chi connectivity index (χ2n) is 7.94. The summed E-state index contributed by atoms with van der Waals surface area (Å²) >= 11 is 1.42. The lowest BCUT2D eigenvalue weighted by atomic mass is 9.95. The summed E-state index contributed by atoms with van der Waals surface area (Å²) in [7, 11) is 0. The summed E-state index contributed by atoms with van der Waals surface area (Å²) in [6, 6.07) is 6.77. The van der Waals surface area contributed by atoms with Gasteiger partial charge in [0.1, 0.15) is 5.00 Å². The number of amides is 4. The number of anilines is 3. The van der Waals surface area contributed by atoms with Crippen LogP contribution in [0.3, 0.4) is 0 Å². The maximum absolute atomic E-state index is 12.7. The van der Waals surface area contributed by atoms with Crippen molar-refractivity contribution < 1.29 is 19.2 Å². The van der Waals surface area contributed by atoms with E-state index in [0.717, 1.165) is 36.1 Å². The molecule has 0 aliphatic heterocycles. The molecule has 3 rings (SSSR count). The minimum absolute atomic E-state index is 0.00611. The van der Waals surface area contributed by atoms with Crippen molar-refractivity contribution in [3.63, 3.8) is 0 Å². The van der Waals surface area contributed by atoms with Crippen LogP contribution in [0.5, 0.6) is 0 Å². The third-order valence-electron chi connectivity index (χ3n) is 5.34. The summed E-state index contributed by atoms with van der Waals surface area (Å²) in [4.78, 5) is 51.0. The van der Waals surface area contributed by atoms with Crippen molar-refractivity contribution >= 4 is 51.3 Å². The quantitative estimate of drug-likeness (QED) is 0.446. The van der Waals surface area contributed by atoms with Gasteiger partial charge in [-0.3, -0.25) is 24.1 Å². The van der Waals surface area contributed by atoms with Crippen molar-refractivity contribution in [3.8, 4) is 0 Å². The molecule has 0 saturated carbocycles. The van der Waals surface area contributed by atoms with Gasteiger partial charge < -0.3 is 21.7 Å². The number of thiophene rings is 1. The molecule has 0 spiro atoms. The molecule has 176 valence electrons. The molecule has 0 saturated heterocycles. The Morgan fingerprint density at radius 2 is 1.52 bits per heavy atom. The van der Waals surface area contributed by atoms with E-state index in [1.807, 2.05) is 6.92 Å². The Kier molecular flexibility index (Phi) is 8.18. The molecule has 0 bridgehead atoms. The monoisotopic (exact) mass is 471 g/mol. The molecule has 1 aliphatic carbocycles. The Morgan fingerprint density at radius 3 is 2.09 bits per heavy atom. The SMILES string of the molecule is CCN(CC(=O)Nc1ccc(NC(C)=O)cc1)CC(=O)Nc1sc2c(c1C(N)=O)CCCC2. The number of carbonyl (C=O) groups is 4. The van der Waals surface area contributed by atoms with Gasteiger partial charge in [-0.05, 0) is 62.1 Å². The highest BCUT2D eigenvalue weighted by Crippen LogP contribution is 2.37. The van der Waals surface area contributed by atoms with Gasteiger partial charge in [-0.25, -0.2) is 0 Å². The number of carbonyl (C=O) groups excluding carboxylic acids is 4. The number of hydrogen-bond acceptors (Lipinski definition) is 6. The van der Waals surface area contributed by atoms with Crippen LogP contribution in [0.15, 0.2) is 24.3 Å². The molecule has 1 heterocycles. The number of rotatable bonds is 9. The van der Waals surface area contributed by atoms with E-state index < -0.39 is 5.91 Å². The molecule has 1 aliphatic rings. The normalized spacial score (nSPS) is 12.7. The lowest BCUT2D eigenvalue weighted by Gasteiger charge is -2.19. The van der Waals surface area contributed by atoms with Crippen LogP contribution in [-0.2, 0) is 27.2 Å². The largest absolute Gasteiger partial charge is 0.365 e. The van der Waals surface area contributed by atoms with Gasteiger partial charge in [0.2, 0.25) is 17.7 Å². The molecular formula is C23H29N5O4S. The van der Waals surface area contributed by atoms with Crippen molar-refractivity contribution in [2.45, 2.75) is 39.5 Å². The Hall–Kier alpha value is -3.24. The number of nitrogens with one attached hydrogen (secondary N) is 3. The van der Waals surface area contributed by atoms with Gasteiger partial charge in [0, 0.05) is 23.2 Å². The van der Waals surface area contributed by atoms with Gasteiger partial charge in [-0.1, -0.05) is 6.92 Å². The fourth-order valence-electron chi connectivity index (χ4n) is 3.81. The third kappa shape index (κ3) is 6.62. The van der Waals surface area contributed by atoms with Crippen LogP contribution in [-0.4, -0.2) is 48.2 Å². The number of primary amides is 1. The number of fused-ring (bicyclic) bond motifs is 1. The van der Waals surface area contributed by atoms with E-state index >= 15 is 0 Å². The zero-order chi connectivity index (χ0) is 24.0. The number of likely N-dealkylation sites (N-methyl/N-ethyl adjacent to an activating group) is 1. The minimum Gasteiger partial charge on any atom is -0.365 e. The number of benzene rings is 1. The van der Waals surface area contributed by atoms with Crippen LogP contribution < -0.4 is 21.7 Å². The fraction of sp³-hybridized carbons (Fsp3) is 0.391.